The van der Waals surface area contributed by atoms with E-state index in [2.05, 4.69) is 6.07 Å². The van der Waals surface area contributed by atoms with Gasteiger partial charge in [-0.25, -0.2) is 4.39 Å². The standard InChI is InChI=1S/C20H19FN2O2/c21-19-3-1-2-17(10-19)13-23(20(24)18-8-9-25-14-18)12-16-6-4-15(11-22)5-7-16/h1-7,10,18H,8-9,12-14H2. The van der Waals surface area contributed by atoms with Crippen LogP contribution in [0.2, 0.25) is 0 Å². The minimum atomic E-state index is -0.313. The summed E-state index contributed by atoms with van der Waals surface area (Å²) in [5.74, 6) is -0.439. The van der Waals surface area contributed by atoms with Crippen LogP contribution in [0.3, 0.4) is 0 Å². The first-order valence-corrected chi connectivity index (χ1v) is 8.26. The van der Waals surface area contributed by atoms with Gasteiger partial charge in [-0.1, -0.05) is 24.3 Å². The minimum Gasteiger partial charge on any atom is -0.381 e. The van der Waals surface area contributed by atoms with Crippen LogP contribution in [-0.4, -0.2) is 24.0 Å². The lowest BCUT2D eigenvalue weighted by molar-refractivity contribution is -0.136. The average Bonchev–Trinajstić information content (AvgIpc) is 3.16. The van der Waals surface area contributed by atoms with E-state index in [0.717, 1.165) is 11.1 Å². The molecule has 0 aromatic heterocycles. The molecule has 0 bridgehead atoms. The van der Waals surface area contributed by atoms with E-state index >= 15 is 0 Å². The first kappa shape index (κ1) is 17.1. The summed E-state index contributed by atoms with van der Waals surface area (Å²) in [6.45, 7) is 1.79. The molecular weight excluding hydrogens is 319 g/mol. The third-order valence-corrected chi connectivity index (χ3v) is 4.31. The third kappa shape index (κ3) is 4.43. The van der Waals surface area contributed by atoms with Crippen molar-refractivity contribution in [1.82, 2.24) is 4.90 Å². The summed E-state index contributed by atoms with van der Waals surface area (Å²) in [6, 6.07) is 15.5. The Morgan fingerprint density at radius 1 is 1.20 bits per heavy atom. The molecule has 5 heteroatoms. The minimum absolute atomic E-state index is 0.0196. The van der Waals surface area contributed by atoms with E-state index in [0.29, 0.717) is 38.3 Å². The number of hydrogen-bond acceptors (Lipinski definition) is 3. The van der Waals surface area contributed by atoms with Gasteiger partial charge < -0.3 is 9.64 Å². The molecule has 1 heterocycles. The maximum Gasteiger partial charge on any atom is 0.228 e. The fraction of sp³-hybridized carbons (Fsp3) is 0.300. The highest BCUT2D eigenvalue weighted by Crippen LogP contribution is 2.20. The Balaban J connectivity index is 1.79. The lowest BCUT2D eigenvalue weighted by atomic mass is 10.1. The van der Waals surface area contributed by atoms with Crippen LogP contribution in [-0.2, 0) is 22.6 Å². The van der Waals surface area contributed by atoms with Gasteiger partial charge >= 0.3 is 0 Å². The molecule has 1 atom stereocenters. The predicted molar refractivity (Wildman–Crippen MR) is 90.7 cm³/mol. The second-order valence-corrected chi connectivity index (χ2v) is 6.19. The fourth-order valence-corrected chi connectivity index (χ4v) is 2.96. The SMILES string of the molecule is N#Cc1ccc(CN(Cc2cccc(F)c2)C(=O)C2CCOC2)cc1. The Morgan fingerprint density at radius 2 is 1.96 bits per heavy atom. The number of nitriles is 1. The third-order valence-electron chi connectivity index (χ3n) is 4.31. The fourth-order valence-electron chi connectivity index (χ4n) is 2.96. The van der Waals surface area contributed by atoms with E-state index in [1.54, 1.807) is 23.1 Å². The molecule has 0 aliphatic carbocycles. The lowest BCUT2D eigenvalue weighted by Crippen LogP contribution is -2.35. The van der Waals surface area contributed by atoms with Crippen LogP contribution in [0, 0.1) is 23.1 Å². The number of benzene rings is 2. The number of ether oxygens (including phenoxy) is 1. The zero-order valence-corrected chi connectivity index (χ0v) is 13.8. The number of amides is 1. The van der Waals surface area contributed by atoms with Gasteiger partial charge in [0, 0.05) is 19.7 Å². The molecule has 0 saturated carbocycles. The van der Waals surface area contributed by atoms with Gasteiger partial charge in [0.2, 0.25) is 5.91 Å². The highest BCUT2D eigenvalue weighted by atomic mass is 19.1. The van der Waals surface area contributed by atoms with Crippen LogP contribution in [0.1, 0.15) is 23.1 Å². The summed E-state index contributed by atoms with van der Waals surface area (Å²) >= 11 is 0. The molecule has 3 rings (SSSR count). The summed E-state index contributed by atoms with van der Waals surface area (Å²) in [4.78, 5) is 14.6. The van der Waals surface area contributed by atoms with E-state index in [9.17, 15) is 9.18 Å². The summed E-state index contributed by atoms with van der Waals surface area (Å²) in [7, 11) is 0. The number of carbonyl (C=O) groups is 1. The van der Waals surface area contributed by atoms with E-state index in [-0.39, 0.29) is 17.6 Å². The van der Waals surface area contributed by atoms with E-state index < -0.39 is 0 Å². The normalized spacial score (nSPS) is 16.4. The van der Waals surface area contributed by atoms with Crippen molar-refractivity contribution in [2.45, 2.75) is 19.5 Å². The molecule has 0 radical (unpaired) electrons. The molecule has 1 amide bonds. The Kier molecular flexibility index (Phi) is 5.42. The van der Waals surface area contributed by atoms with Gasteiger partial charge in [0.05, 0.1) is 24.2 Å². The van der Waals surface area contributed by atoms with Crippen molar-refractivity contribution in [3.63, 3.8) is 0 Å². The van der Waals surface area contributed by atoms with Crippen LogP contribution in [0.5, 0.6) is 0 Å². The van der Waals surface area contributed by atoms with Crippen molar-refractivity contribution in [2.24, 2.45) is 5.92 Å². The van der Waals surface area contributed by atoms with E-state index in [1.807, 2.05) is 18.2 Å². The maximum absolute atomic E-state index is 13.5. The van der Waals surface area contributed by atoms with Crippen molar-refractivity contribution in [3.8, 4) is 6.07 Å². The highest BCUT2D eigenvalue weighted by molar-refractivity contribution is 5.79. The van der Waals surface area contributed by atoms with Crippen LogP contribution in [0.15, 0.2) is 48.5 Å². The molecule has 2 aromatic rings. The molecule has 1 aliphatic heterocycles. The van der Waals surface area contributed by atoms with Gasteiger partial charge in [0.1, 0.15) is 5.82 Å². The molecule has 1 fully saturated rings. The zero-order chi connectivity index (χ0) is 17.6. The smallest absolute Gasteiger partial charge is 0.228 e. The lowest BCUT2D eigenvalue weighted by Gasteiger charge is -2.25. The molecule has 0 spiro atoms. The van der Waals surface area contributed by atoms with Gasteiger partial charge in [0.25, 0.3) is 0 Å². The molecular formula is C20H19FN2O2. The largest absolute Gasteiger partial charge is 0.381 e. The molecule has 128 valence electrons. The van der Waals surface area contributed by atoms with Gasteiger partial charge in [0.15, 0.2) is 0 Å². The monoisotopic (exact) mass is 338 g/mol. The van der Waals surface area contributed by atoms with Gasteiger partial charge in [-0.15, -0.1) is 0 Å². The number of rotatable bonds is 5. The quantitative estimate of drug-likeness (QED) is 0.841. The van der Waals surface area contributed by atoms with Crippen molar-refractivity contribution < 1.29 is 13.9 Å². The van der Waals surface area contributed by atoms with Crippen LogP contribution < -0.4 is 0 Å². The zero-order valence-electron chi connectivity index (χ0n) is 13.8. The van der Waals surface area contributed by atoms with Crippen molar-refractivity contribution in [3.05, 3.63) is 71.0 Å². The molecule has 1 aliphatic rings. The molecule has 1 unspecified atom stereocenters. The Bertz CT molecular complexity index is 777. The number of halogens is 1. The van der Waals surface area contributed by atoms with Crippen LogP contribution in [0.25, 0.3) is 0 Å². The second kappa shape index (κ2) is 7.91. The number of carbonyl (C=O) groups excluding carboxylic acids is 1. The first-order valence-electron chi connectivity index (χ1n) is 8.26. The number of hydrogen-bond donors (Lipinski definition) is 0. The van der Waals surface area contributed by atoms with Crippen molar-refractivity contribution in [1.29, 1.82) is 5.26 Å². The average molecular weight is 338 g/mol. The topological polar surface area (TPSA) is 53.3 Å². The summed E-state index contributed by atoms with van der Waals surface area (Å²) in [5, 5.41) is 8.90. The number of nitrogens with zero attached hydrogens (tertiary/aromatic N) is 2. The Labute approximate surface area is 146 Å². The summed E-state index contributed by atoms with van der Waals surface area (Å²) in [5.41, 5.74) is 2.26. The van der Waals surface area contributed by atoms with Gasteiger partial charge in [-0.3, -0.25) is 4.79 Å². The van der Waals surface area contributed by atoms with E-state index in [4.69, 9.17) is 10.00 Å². The Morgan fingerprint density at radius 3 is 2.60 bits per heavy atom. The highest BCUT2D eigenvalue weighted by Gasteiger charge is 2.28. The summed E-state index contributed by atoms with van der Waals surface area (Å²) in [6.07, 6.45) is 0.714. The van der Waals surface area contributed by atoms with Crippen LogP contribution >= 0.6 is 0 Å². The van der Waals surface area contributed by atoms with Gasteiger partial charge in [-0.05, 0) is 41.8 Å². The predicted octanol–water partition coefficient (Wildman–Crippen LogP) is 3.26. The molecule has 2 aromatic carbocycles. The summed E-state index contributed by atoms with van der Waals surface area (Å²) < 4.78 is 18.8. The van der Waals surface area contributed by atoms with Crippen molar-refractivity contribution >= 4 is 5.91 Å². The molecule has 1 saturated heterocycles. The molecule has 25 heavy (non-hydrogen) atoms. The molecule has 4 nitrogen and oxygen atoms in total. The van der Waals surface area contributed by atoms with Gasteiger partial charge in [-0.2, -0.15) is 5.26 Å². The Hall–Kier alpha value is -2.71. The van der Waals surface area contributed by atoms with E-state index in [1.165, 1.54) is 12.1 Å². The molecule has 0 N–H and O–H groups in total. The maximum atomic E-state index is 13.5. The second-order valence-electron chi connectivity index (χ2n) is 6.19. The van der Waals surface area contributed by atoms with Crippen molar-refractivity contribution in [2.75, 3.05) is 13.2 Å². The van der Waals surface area contributed by atoms with Crippen LogP contribution in [0.4, 0.5) is 4.39 Å². The first-order chi connectivity index (χ1) is 12.2.